The van der Waals surface area contributed by atoms with E-state index in [0.29, 0.717) is 0 Å². The third kappa shape index (κ3) is 4.07. The molecule has 0 aromatic heterocycles. The van der Waals surface area contributed by atoms with Crippen molar-refractivity contribution in [2.75, 3.05) is 7.05 Å². The minimum atomic E-state index is -3.15. The van der Waals surface area contributed by atoms with Crippen molar-refractivity contribution in [2.45, 2.75) is 57.1 Å². The second-order valence-corrected chi connectivity index (χ2v) is 9.36. The van der Waals surface area contributed by atoms with Crippen LogP contribution < -0.4 is 5.32 Å². The molecule has 0 radical (unpaired) electrons. The van der Waals surface area contributed by atoms with Crippen LogP contribution in [-0.4, -0.2) is 26.8 Å². The molecular formula is C17H27NO2S. The maximum atomic E-state index is 12.9. The summed E-state index contributed by atoms with van der Waals surface area (Å²) in [7, 11) is -1.27. The average molecular weight is 309 g/mol. The van der Waals surface area contributed by atoms with Gasteiger partial charge in [-0.2, -0.15) is 0 Å². The van der Waals surface area contributed by atoms with E-state index in [1.165, 1.54) is 0 Å². The largest absolute Gasteiger partial charge is 0.316 e. The fraction of sp³-hybridized carbons (Fsp3) is 0.647. The van der Waals surface area contributed by atoms with Gasteiger partial charge in [-0.25, -0.2) is 8.42 Å². The molecule has 0 saturated heterocycles. The van der Waals surface area contributed by atoms with Crippen LogP contribution in [0.2, 0.25) is 0 Å². The van der Waals surface area contributed by atoms with Gasteiger partial charge in [-0.05, 0) is 44.2 Å². The molecule has 0 spiro atoms. The number of aryl methyl sites for hydroxylation is 1. The average Bonchev–Trinajstić information content (AvgIpc) is 2.37. The molecule has 1 aromatic rings. The molecule has 1 fully saturated rings. The van der Waals surface area contributed by atoms with Crippen LogP contribution >= 0.6 is 0 Å². The van der Waals surface area contributed by atoms with E-state index in [1.807, 2.05) is 38.2 Å². The zero-order valence-electron chi connectivity index (χ0n) is 13.5. The van der Waals surface area contributed by atoms with Crippen molar-refractivity contribution in [2.24, 2.45) is 5.41 Å². The van der Waals surface area contributed by atoms with Crippen LogP contribution in [0.25, 0.3) is 0 Å². The van der Waals surface area contributed by atoms with Gasteiger partial charge in [-0.1, -0.05) is 43.7 Å². The lowest BCUT2D eigenvalue weighted by Gasteiger charge is -2.40. The van der Waals surface area contributed by atoms with Gasteiger partial charge in [0, 0.05) is 6.04 Å². The van der Waals surface area contributed by atoms with Crippen LogP contribution in [0.15, 0.2) is 24.3 Å². The molecular weight excluding hydrogens is 282 g/mol. The monoisotopic (exact) mass is 309 g/mol. The number of benzene rings is 1. The van der Waals surface area contributed by atoms with Gasteiger partial charge in [-0.3, -0.25) is 0 Å². The smallest absolute Gasteiger partial charge is 0.158 e. The van der Waals surface area contributed by atoms with Crippen LogP contribution in [0.5, 0.6) is 0 Å². The summed E-state index contributed by atoms with van der Waals surface area (Å²) in [6, 6.07) is 7.89. The van der Waals surface area contributed by atoms with Crippen molar-refractivity contribution in [3.05, 3.63) is 35.4 Å². The Kier molecular flexibility index (Phi) is 4.79. The Labute approximate surface area is 129 Å². The minimum Gasteiger partial charge on any atom is -0.316 e. The van der Waals surface area contributed by atoms with E-state index in [-0.39, 0.29) is 22.5 Å². The molecule has 0 amide bonds. The lowest BCUT2D eigenvalue weighted by atomic mass is 9.75. The van der Waals surface area contributed by atoms with Gasteiger partial charge in [0.25, 0.3) is 0 Å². The molecule has 1 aliphatic rings. The molecule has 118 valence electrons. The van der Waals surface area contributed by atoms with E-state index >= 15 is 0 Å². The highest BCUT2D eigenvalue weighted by molar-refractivity contribution is 7.91. The molecule has 2 rings (SSSR count). The SMILES string of the molecule is CNC1CCC(C)(C)CC1S(=O)(=O)Cc1cccc(C)c1. The van der Waals surface area contributed by atoms with Crippen molar-refractivity contribution in [3.63, 3.8) is 0 Å². The Hall–Kier alpha value is -0.870. The molecule has 3 nitrogen and oxygen atoms in total. The van der Waals surface area contributed by atoms with E-state index in [9.17, 15) is 8.42 Å². The molecule has 1 aliphatic carbocycles. The number of hydrogen-bond donors (Lipinski definition) is 1. The second kappa shape index (κ2) is 6.09. The zero-order valence-corrected chi connectivity index (χ0v) is 14.3. The molecule has 0 bridgehead atoms. The molecule has 2 atom stereocenters. The Morgan fingerprint density at radius 1 is 1.33 bits per heavy atom. The summed E-state index contributed by atoms with van der Waals surface area (Å²) >= 11 is 0. The van der Waals surface area contributed by atoms with Crippen molar-refractivity contribution in [1.29, 1.82) is 0 Å². The third-order valence-electron chi connectivity index (χ3n) is 4.62. The predicted molar refractivity (Wildman–Crippen MR) is 88.1 cm³/mol. The normalized spacial score (nSPS) is 25.7. The van der Waals surface area contributed by atoms with Gasteiger partial charge >= 0.3 is 0 Å². The summed E-state index contributed by atoms with van der Waals surface area (Å²) in [5.41, 5.74) is 2.11. The molecule has 0 heterocycles. The van der Waals surface area contributed by atoms with E-state index < -0.39 is 9.84 Å². The predicted octanol–water partition coefficient (Wildman–Crippen LogP) is 3.08. The van der Waals surface area contributed by atoms with Gasteiger partial charge in [0.2, 0.25) is 0 Å². The summed E-state index contributed by atoms with van der Waals surface area (Å²) in [4.78, 5) is 0. The number of nitrogens with one attached hydrogen (secondary N) is 1. The Morgan fingerprint density at radius 2 is 2.05 bits per heavy atom. The van der Waals surface area contributed by atoms with Crippen molar-refractivity contribution < 1.29 is 8.42 Å². The quantitative estimate of drug-likeness (QED) is 0.929. The Bertz CT molecular complexity index is 593. The number of sulfone groups is 1. The van der Waals surface area contributed by atoms with Crippen molar-refractivity contribution in [1.82, 2.24) is 5.32 Å². The van der Waals surface area contributed by atoms with Crippen LogP contribution in [0, 0.1) is 12.3 Å². The molecule has 2 unspecified atom stereocenters. The van der Waals surface area contributed by atoms with Gasteiger partial charge in [0.1, 0.15) is 0 Å². The highest BCUT2D eigenvalue weighted by atomic mass is 32.2. The molecule has 1 N–H and O–H groups in total. The maximum absolute atomic E-state index is 12.9. The van der Waals surface area contributed by atoms with E-state index in [0.717, 1.165) is 30.4 Å². The first-order valence-corrected chi connectivity index (χ1v) is 9.39. The maximum Gasteiger partial charge on any atom is 0.158 e. The highest BCUT2D eigenvalue weighted by Crippen LogP contribution is 2.39. The van der Waals surface area contributed by atoms with Gasteiger partial charge in [0.15, 0.2) is 9.84 Å². The zero-order chi connectivity index (χ0) is 15.7. The fourth-order valence-electron chi connectivity index (χ4n) is 3.37. The molecule has 0 aliphatic heterocycles. The van der Waals surface area contributed by atoms with E-state index in [1.54, 1.807) is 0 Å². The van der Waals surface area contributed by atoms with Gasteiger partial charge in [0.05, 0.1) is 11.0 Å². The molecule has 4 heteroatoms. The summed E-state index contributed by atoms with van der Waals surface area (Å²) in [5, 5.41) is 2.93. The second-order valence-electron chi connectivity index (χ2n) is 7.14. The Balaban J connectivity index is 2.24. The lowest BCUT2D eigenvalue weighted by Crippen LogP contribution is -2.49. The molecule has 1 aromatic carbocycles. The number of hydrogen-bond acceptors (Lipinski definition) is 3. The van der Waals surface area contributed by atoms with Gasteiger partial charge in [-0.15, -0.1) is 0 Å². The standard InChI is InChI=1S/C17H27NO2S/c1-13-6-5-7-14(10-13)12-21(19,20)16-11-17(2,3)9-8-15(16)18-4/h5-7,10,15-16,18H,8-9,11-12H2,1-4H3. The third-order valence-corrected chi connectivity index (χ3v) is 6.77. The minimum absolute atomic E-state index is 0.0767. The highest BCUT2D eigenvalue weighted by Gasteiger charge is 2.41. The van der Waals surface area contributed by atoms with E-state index in [4.69, 9.17) is 0 Å². The first-order chi connectivity index (χ1) is 9.73. The van der Waals surface area contributed by atoms with Crippen LogP contribution in [0.3, 0.4) is 0 Å². The van der Waals surface area contributed by atoms with Crippen LogP contribution in [0.4, 0.5) is 0 Å². The summed E-state index contributed by atoms with van der Waals surface area (Å²) in [6.07, 6.45) is 2.75. The van der Waals surface area contributed by atoms with E-state index in [2.05, 4.69) is 19.2 Å². The first-order valence-electron chi connectivity index (χ1n) is 7.68. The first kappa shape index (κ1) is 16.5. The molecule has 1 saturated carbocycles. The summed E-state index contributed by atoms with van der Waals surface area (Å²) in [5.74, 6) is 0.146. The van der Waals surface area contributed by atoms with Crippen LogP contribution in [-0.2, 0) is 15.6 Å². The van der Waals surface area contributed by atoms with Crippen molar-refractivity contribution >= 4 is 9.84 Å². The summed E-state index contributed by atoms with van der Waals surface area (Å²) < 4.78 is 25.8. The molecule has 21 heavy (non-hydrogen) atoms. The Morgan fingerprint density at radius 3 is 2.67 bits per heavy atom. The summed E-state index contributed by atoms with van der Waals surface area (Å²) in [6.45, 7) is 6.35. The lowest BCUT2D eigenvalue weighted by molar-refractivity contribution is 0.213. The van der Waals surface area contributed by atoms with Crippen LogP contribution in [0.1, 0.15) is 44.2 Å². The fourth-order valence-corrected chi connectivity index (χ4v) is 5.71. The number of rotatable bonds is 4. The topological polar surface area (TPSA) is 46.2 Å². The van der Waals surface area contributed by atoms with Gasteiger partial charge < -0.3 is 5.32 Å². The van der Waals surface area contributed by atoms with Crippen molar-refractivity contribution in [3.8, 4) is 0 Å².